The lowest BCUT2D eigenvalue weighted by molar-refractivity contribution is 0.175. The van der Waals surface area contributed by atoms with Crippen LogP contribution in [0.5, 0.6) is 0 Å². The number of nitrogens with one attached hydrogen (secondary N) is 2. The predicted molar refractivity (Wildman–Crippen MR) is 109 cm³/mol. The summed E-state index contributed by atoms with van der Waals surface area (Å²) < 4.78 is 0. The fraction of sp³-hybridized carbons (Fsp3) is 0.391. The van der Waals surface area contributed by atoms with Gasteiger partial charge in [0.15, 0.2) is 0 Å². The Bertz CT molecular complexity index is 800. The highest BCUT2D eigenvalue weighted by atomic mass is 15.1. The van der Waals surface area contributed by atoms with Crippen LogP contribution in [0.1, 0.15) is 24.0 Å². The normalized spacial score (nSPS) is 16.3. The molecule has 1 saturated heterocycles. The van der Waals surface area contributed by atoms with E-state index in [1.807, 2.05) is 0 Å². The van der Waals surface area contributed by atoms with Gasteiger partial charge in [0.2, 0.25) is 0 Å². The molecule has 26 heavy (non-hydrogen) atoms. The summed E-state index contributed by atoms with van der Waals surface area (Å²) in [6, 6.07) is 19.4. The van der Waals surface area contributed by atoms with E-state index in [1.165, 1.54) is 48.0 Å². The van der Waals surface area contributed by atoms with Crippen LogP contribution in [0.4, 0.5) is 0 Å². The third-order valence-electron chi connectivity index (χ3n) is 5.64. The molecule has 4 rings (SSSR count). The second kappa shape index (κ2) is 8.52. The quantitative estimate of drug-likeness (QED) is 0.627. The highest BCUT2D eigenvalue weighted by Gasteiger charge is 2.18. The molecule has 3 heteroatoms. The number of rotatable bonds is 7. The van der Waals surface area contributed by atoms with Crippen molar-refractivity contribution in [2.24, 2.45) is 5.92 Å². The number of para-hydroxylation sites is 1. The molecule has 136 valence electrons. The SMILES string of the molecule is c1ccc(CN2CCC(CNCCc3c[nH]c4ccccc34)CC2)cc1. The lowest BCUT2D eigenvalue weighted by Gasteiger charge is -2.32. The van der Waals surface area contributed by atoms with Crippen LogP contribution in [-0.2, 0) is 13.0 Å². The van der Waals surface area contributed by atoms with Crippen LogP contribution in [0, 0.1) is 5.92 Å². The van der Waals surface area contributed by atoms with Gasteiger partial charge in [-0.3, -0.25) is 4.90 Å². The number of aromatic nitrogens is 1. The predicted octanol–water partition coefficient (Wildman–Crippen LogP) is 4.21. The van der Waals surface area contributed by atoms with E-state index in [0.29, 0.717) is 0 Å². The fourth-order valence-corrected chi connectivity index (χ4v) is 4.06. The average Bonchev–Trinajstić information content (AvgIpc) is 3.11. The Hall–Kier alpha value is -2.10. The van der Waals surface area contributed by atoms with Crippen LogP contribution < -0.4 is 5.32 Å². The van der Waals surface area contributed by atoms with E-state index >= 15 is 0 Å². The molecule has 0 radical (unpaired) electrons. The number of fused-ring (bicyclic) bond motifs is 1. The maximum absolute atomic E-state index is 3.69. The fourth-order valence-electron chi connectivity index (χ4n) is 4.06. The van der Waals surface area contributed by atoms with E-state index in [0.717, 1.165) is 32.0 Å². The topological polar surface area (TPSA) is 31.1 Å². The number of H-pyrrole nitrogens is 1. The highest BCUT2D eigenvalue weighted by molar-refractivity contribution is 5.83. The van der Waals surface area contributed by atoms with Crippen molar-refractivity contribution in [3.05, 3.63) is 71.9 Å². The van der Waals surface area contributed by atoms with Gasteiger partial charge >= 0.3 is 0 Å². The first-order valence-corrected chi connectivity index (χ1v) is 9.90. The van der Waals surface area contributed by atoms with Crippen molar-refractivity contribution >= 4 is 10.9 Å². The van der Waals surface area contributed by atoms with Crippen molar-refractivity contribution in [2.45, 2.75) is 25.8 Å². The van der Waals surface area contributed by atoms with Gasteiger partial charge < -0.3 is 10.3 Å². The first-order valence-electron chi connectivity index (χ1n) is 9.90. The summed E-state index contributed by atoms with van der Waals surface area (Å²) in [5.74, 6) is 0.824. The van der Waals surface area contributed by atoms with Gasteiger partial charge in [-0.1, -0.05) is 48.5 Å². The monoisotopic (exact) mass is 347 g/mol. The van der Waals surface area contributed by atoms with Crippen molar-refractivity contribution < 1.29 is 0 Å². The van der Waals surface area contributed by atoms with Crippen molar-refractivity contribution in [1.82, 2.24) is 15.2 Å². The summed E-state index contributed by atoms with van der Waals surface area (Å²) in [6.07, 6.45) is 5.88. The van der Waals surface area contributed by atoms with E-state index in [-0.39, 0.29) is 0 Å². The molecular weight excluding hydrogens is 318 g/mol. The molecule has 2 aromatic carbocycles. The Morgan fingerprint density at radius 2 is 1.73 bits per heavy atom. The van der Waals surface area contributed by atoms with Crippen molar-refractivity contribution in [1.29, 1.82) is 0 Å². The number of hydrogen-bond acceptors (Lipinski definition) is 2. The molecule has 1 fully saturated rings. The second-order valence-corrected chi connectivity index (χ2v) is 7.52. The van der Waals surface area contributed by atoms with Crippen molar-refractivity contribution in [3.8, 4) is 0 Å². The van der Waals surface area contributed by atoms with Crippen LogP contribution in [0.2, 0.25) is 0 Å². The molecule has 2 N–H and O–H groups in total. The number of likely N-dealkylation sites (tertiary alicyclic amines) is 1. The van der Waals surface area contributed by atoms with Crippen LogP contribution in [0.15, 0.2) is 60.8 Å². The minimum absolute atomic E-state index is 0.824. The summed E-state index contributed by atoms with van der Waals surface area (Å²) in [5.41, 5.74) is 4.10. The average molecular weight is 348 g/mol. The van der Waals surface area contributed by atoms with Crippen LogP contribution in [0.25, 0.3) is 10.9 Å². The maximum atomic E-state index is 3.69. The number of nitrogens with zero attached hydrogens (tertiary/aromatic N) is 1. The molecular formula is C23H29N3. The number of benzene rings is 2. The second-order valence-electron chi connectivity index (χ2n) is 7.52. The molecule has 0 bridgehead atoms. The zero-order chi connectivity index (χ0) is 17.6. The molecule has 0 amide bonds. The molecule has 0 saturated carbocycles. The summed E-state index contributed by atoms with van der Waals surface area (Å²) in [5, 5.41) is 5.05. The van der Waals surface area contributed by atoms with Crippen LogP contribution in [0.3, 0.4) is 0 Å². The summed E-state index contributed by atoms with van der Waals surface area (Å²) in [4.78, 5) is 5.96. The Labute approximate surface area is 156 Å². The van der Waals surface area contributed by atoms with E-state index in [1.54, 1.807) is 0 Å². The van der Waals surface area contributed by atoms with Crippen molar-refractivity contribution in [2.75, 3.05) is 26.2 Å². The minimum atomic E-state index is 0.824. The standard InChI is InChI=1S/C23H29N3/c1-2-6-20(7-3-1)18-26-14-11-19(12-15-26)16-24-13-10-21-17-25-23-9-5-4-8-22(21)23/h1-9,17,19,24-25H,10-16,18H2. The third kappa shape index (κ3) is 4.35. The van der Waals surface area contributed by atoms with Gasteiger partial charge in [-0.25, -0.2) is 0 Å². The first-order chi connectivity index (χ1) is 12.9. The summed E-state index contributed by atoms with van der Waals surface area (Å²) in [7, 11) is 0. The zero-order valence-electron chi connectivity index (χ0n) is 15.5. The molecule has 2 heterocycles. The Morgan fingerprint density at radius 3 is 2.58 bits per heavy atom. The van der Waals surface area contributed by atoms with Gasteiger partial charge in [0.25, 0.3) is 0 Å². The number of piperidine rings is 1. The van der Waals surface area contributed by atoms with E-state index < -0.39 is 0 Å². The molecule has 1 aliphatic heterocycles. The Balaban J connectivity index is 1.16. The maximum Gasteiger partial charge on any atom is 0.0456 e. The Kier molecular flexibility index (Phi) is 5.68. The van der Waals surface area contributed by atoms with Gasteiger partial charge in [0.05, 0.1) is 0 Å². The smallest absolute Gasteiger partial charge is 0.0456 e. The van der Waals surface area contributed by atoms with Gasteiger partial charge in [-0.15, -0.1) is 0 Å². The molecule has 3 nitrogen and oxygen atoms in total. The summed E-state index contributed by atoms with van der Waals surface area (Å²) >= 11 is 0. The third-order valence-corrected chi connectivity index (χ3v) is 5.64. The molecule has 0 spiro atoms. The van der Waals surface area contributed by atoms with E-state index in [2.05, 4.69) is 76.0 Å². The number of hydrogen-bond donors (Lipinski definition) is 2. The van der Waals surface area contributed by atoms with Gasteiger partial charge in [0, 0.05) is 23.6 Å². The van der Waals surface area contributed by atoms with E-state index in [4.69, 9.17) is 0 Å². The van der Waals surface area contributed by atoms with E-state index in [9.17, 15) is 0 Å². The first kappa shape index (κ1) is 17.3. The van der Waals surface area contributed by atoms with Gasteiger partial charge in [-0.2, -0.15) is 0 Å². The lowest BCUT2D eigenvalue weighted by atomic mass is 9.96. The largest absolute Gasteiger partial charge is 0.361 e. The van der Waals surface area contributed by atoms with Crippen LogP contribution >= 0.6 is 0 Å². The molecule has 1 aromatic heterocycles. The van der Waals surface area contributed by atoms with Gasteiger partial charge in [-0.05, 0) is 68.6 Å². The number of aromatic amines is 1. The van der Waals surface area contributed by atoms with Crippen molar-refractivity contribution in [3.63, 3.8) is 0 Å². The Morgan fingerprint density at radius 1 is 0.962 bits per heavy atom. The van der Waals surface area contributed by atoms with Gasteiger partial charge in [0.1, 0.15) is 0 Å². The minimum Gasteiger partial charge on any atom is -0.361 e. The van der Waals surface area contributed by atoms with Crippen LogP contribution in [-0.4, -0.2) is 36.1 Å². The molecule has 1 aliphatic rings. The molecule has 0 aliphatic carbocycles. The molecule has 0 atom stereocenters. The molecule has 0 unspecified atom stereocenters. The highest BCUT2D eigenvalue weighted by Crippen LogP contribution is 2.19. The molecule has 3 aromatic rings. The zero-order valence-corrected chi connectivity index (χ0v) is 15.5. The lowest BCUT2D eigenvalue weighted by Crippen LogP contribution is -2.37. The summed E-state index contributed by atoms with van der Waals surface area (Å²) in [6.45, 7) is 5.77.